The maximum absolute atomic E-state index is 12.7. The molecule has 0 saturated heterocycles. The summed E-state index contributed by atoms with van der Waals surface area (Å²) in [6.07, 6.45) is 5.35. The van der Waals surface area contributed by atoms with Crippen molar-refractivity contribution in [3.05, 3.63) is 196 Å². The number of hydrogen-bond donors (Lipinski definition) is 8. The highest BCUT2D eigenvalue weighted by Gasteiger charge is 2.36. The highest BCUT2D eigenvalue weighted by molar-refractivity contribution is 9.08. The summed E-state index contributed by atoms with van der Waals surface area (Å²) in [6.45, 7) is 0.227. The molecule has 406 valence electrons. The molecular formula is C57H41BrN14O10. The number of hydrogen-bond acceptors (Lipinski definition) is 20. The summed E-state index contributed by atoms with van der Waals surface area (Å²) in [4.78, 5) is 71.3. The maximum atomic E-state index is 12.7. The number of carbonyl (C=O) groups is 5. The minimum atomic E-state index is -0.411. The number of hydrazine groups is 1. The van der Waals surface area contributed by atoms with Crippen LogP contribution in [0.5, 0.6) is 11.5 Å². The number of phenols is 2. The van der Waals surface area contributed by atoms with Crippen LogP contribution in [0.3, 0.4) is 0 Å². The molecule has 0 atom stereocenters. The van der Waals surface area contributed by atoms with Crippen molar-refractivity contribution in [1.29, 1.82) is 10.5 Å². The lowest BCUT2D eigenvalue weighted by atomic mass is 9.98. The van der Waals surface area contributed by atoms with Gasteiger partial charge in [-0.25, -0.2) is 9.97 Å². The van der Waals surface area contributed by atoms with E-state index in [4.69, 9.17) is 19.0 Å². The summed E-state index contributed by atoms with van der Waals surface area (Å²) in [5, 5.41) is 56.9. The van der Waals surface area contributed by atoms with E-state index >= 15 is 0 Å². The quantitative estimate of drug-likeness (QED) is 0.0223. The summed E-state index contributed by atoms with van der Waals surface area (Å²) in [7, 11) is 0. The molecule has 13 rings (SSSR count). The Bertz CT molecular complexity index is 4230. The third kappa shape index (κ3) is 11.2. The van der Waals surface area contributed by atoms with E-state index in [-0.39, 0.29) is 53.6 Å². The van der Waals surface area contributed by atoms with Gasteiger partial charge in [0.2, 0.25) is 0 Å². The number of alkyl halides is 1. The van der Waals surface area contributed by atoms with Crippen molar-refractivity contribution < 1.29 is 47.4 Å². The second-order valence-corrected chi connectivity index (χ2v) is 17.8. The van der Waals surface area contributed by atoms with E-state index in [1.807, 2.05) is 0 Å². The fourth-order valence-corrected chi connectivity index (χ4v) is 8.91. The van der Waals surface area contributed by atoms with Gasteiger partial charge in [0, 0.05) is 28.5 Å². The Morgan fingerprint density at radius 2 is 1.11 bits per heavy atom. The molecule has 0 unspecified atom stereocenters. The Morgan fingerprint density at radius 3 is 1.56 bits per heavy atom. The van der Waals surface area contributed by atoms with Crippen LogP contribution in [0.4, 0.5) is 0 Å². The van der Waals surface area contributed by atoms with E-state index in [0.29, 0.717) is 118 Å². The van der Waals surface area contributed by atoms with E-state index in [1.165, 1.54) is 18.3 Å². The third-order valence-corrected chi connectivity index (χ3v) is 12.9. The van der Waals surface area contributed by atoms with Crippen LogP contribution in [0.1, 0.15) is 80.5 Å². The molecule has 24 nitrogen and oxygen atoms in total. The van der Waals surface area contributed by atoms with Crippen LogP contribution in [-0.4, -0.2) is 80.4 Å². The van der Waals surface area contributed by atoms with Gasteiger partial charge in [0.25, 0.3) is 23.6 Å². The number of aromatic hydroxyl groups is 2. The summed E-state index contributed by atoms with van der Waals surface area (Å²) >= 11 is 3.19. The molecule has 8 aromatic heterocycles. The number of aromatic amines is 2. The van der Waals surface area contributed by atoms with Gasteiger partial charge in [-0.3, -0.25) is 61.1 Å². The smallest absolute Gasteiger partial charge is 0.277 e. The lowest BCUT2D eigenvalue weighted by molar-refractivity contribution is 0.0630. The van der Waals surface area contributed by atoms with Crippen molar-refractivity contribution >= 4 is 67.9 Å². The van der Waals surface area contributed by atoms with Crippen LogP contribution in [-0.2, 0) is 18.4 Å². The number of aromatic nitrogens is 7. The number of rotatable bonds is 9. The number of pyridine rings is 3. The molecule has 10 heterocycles. The van der Waals surface area contributed by atoms with Gasteiger partial charge in [-0.1, -0.05) is 28.1 Å². The Morgan fingerprint density at radius 1 is 0.610 bits per heavy atom. The number of nitrogens with two attached hydrogens (primary N) is 3. The molecule has 0 spiro atoms. The number of furan rings is 3. The van der Waals surface area contributed by atoms with Gasteiger partial charge >= 0.3 is 0 Å². The lowest BCUT2D eigenvalue weighted by Crippen LogP contribution is -2.28. The lowest BCUT2D eigenvalue weighted by Gasteiger charge is -2.12. The van der Waals surface area contributed by atoms with E-state index in [2.05, 4.69) is 80.4 Å². The Balaban J connectivity index is 0.000000148. The predicted octanol–water partition coefficient (Wildman–Crippen LogP) is 7.95. The molecular weight excluding hydrogens is 1120 g/mol. The zero-order valence-electron chi connectivity index (χ0n) is 42.3. The van der Waals surface area contributed by atoms with Gasteiger partial charge in [-0.05, 0) is 109 Å². The molecule has 0 saturated carbocycles. The number of imide groups is 2. The molecule has 0 bridgehead atoms. The third-order valence-electron chi connectivity index (χ3n) is 12.3. The topological polar surface area (TPSA) is 402 Å². The summed E-state index contributed by atoms with van der Waals surface area (Å²) in [6, 6.07) is 37.5. The first-order valence-electron chi connectivity index (χ1n) is 24.1. The Hall–Kier alpha value is -11.2. The Kier molecular flexibility index (Phi) is 16.7. The summed E-state index contributed by atoms with van der Waals surface area (Å²) in [5.74, 6) is 9.78. The fraction of sp³-hybridized carbons (Fsp3) is 0.0526. The number of carbonyl (C=O) groups excluding carboxylic acids is 5. The largest absolute Gasteiger partial charge is 0.508 e. The van der Waals surface area contributed by atoms with Gasteiger partial charge in [0.15, 0.2) is 23.3 Å². The summed E-state index contributed by atoms with van der Waals surface area (Å²) in [5.41, 5.74) is 11.9. The number of amides is 4. The van der Waals surface area contributed by atoms with Gasteiger partial charge < -0.3 is 29.2 Å². The van der Waals surface area contributed by atoms with E-state index in [1.54, 1.807) is 122 Å². The number of nitrogens with zero attached hydrogens (tertiary/aromatic N) is 8. The zero-order valence-corrected chi connectivity index (χ0v) is 43.9. The molecule has 25 heteroatoms. The number of phenolic OH excluding ortho intramolecular Hbond substituents is 2. The molecule has 0 fully saturated rings. The number of nitriles is 2. The summed E-state index contributed by atoms with van der Waals surface area (Å²) < 4.78 is 16.8. The molecule has 3 aromatic carbocycles. The molecule has 4 amide bonds. The van der Waals surface area contributed by atoms with Crippen LogP contribution < -0.4 is 22.7 Å². The van der Waals surface area contributed by atoms with Crippen LogP contribution in [0.2, 0.25) is 0 Å². The standard InChI is InChI=1S/C26H15N5O4.C18H13N5O2.C7H4N2O2.C6H5BrO2.H4N2/c27-11-19-22(20-12-28-30-24(20)29-23(19)14-5-7-15(32)8-6-14)21-10-9-16(35-21)13-31-25(33)17-3-1-2-4-18(17)26(31)34;19-7-12-5-6-15(25-12)16-13(8-20)17(10-1-3-11(24)4-2-10)22-18-14(16)9-21-23-18;10-6-4-2-1-3-8-5(4)7(11)9-6;7-3-5-1-2-6(4-8)9-5;1-2/h1-10,12,32H,13H2,(H,28,29,30);1-6,9,24H,7,19H2,(H,21,22,23);1-3H,(H,9,10,11);1-2,4H,3H2;1-2H2. The van der Waals surface area contributed by atoms with Crippen molar-refractivity contribution in [1.82, 2.24) is 45.6 Å². The Labute approximate surface area is 470 Å². The normalized spacial score (nSPS) is 11.9. The van der Waals surface area contributed by atoms with Crippen LogP contribution in [0.25, 0.3) is 67.2 Å². The maximum Gasteiger partial charge on any atom is 0.277 e. The fourth-order valence-electron chi connectivity index (χ4n) is 8.61. The first kappa shape index (κ1) is 55.5. The van der Waals surface area contributed by atoms with Crippen molar-refractivity contribution in [2.75, 3.05) is 0 Å². The molecule has 0 radical (unpaired) electrons. The minimum absolute atomic E-state index is 0.0430. The van der Waals surface area contributed by atoms with E-state index in [9.17, 15) is 44.7 Å². The van der Waals surface area contributed by atoms with Gasteiger partial charge in [-0.15, -0.1) is 0 Å². The van der Waals surface area contributed by atoms with Crippen molar-refractivity contribution in [3.8, 4) is 68.8 Å². The predicted molar refractivity (Wildman–Crippen MR) is 296 cm³/mol. The van der Waals surface area contributed by atoms with Crippen molar-refractivity contribution in [3.63, 3.8) is 0 Å². The minimum Gasteiger partial charge on any atom is -0.508 e. The highest BCUT2D eigenvalue weighted by Crippen LogP contribution is 2.39. The number of fused-ring (bicyclic) bond motifs is 4. The molecule has 11 aromatic rings. The van der Waals surface area contributed by atoms with Gasteiger partial charge in [0.05, 0.1) is 80.8 Å². The highest BCUT2D eigenvalue weighted by atomic mass is 79.9. The molecule has 2 aliphatic rings. The number of halogens is 1. The molecule has 11 N–H and O–H groups in total. The van der Waals surface area contributed by atoms with Crippen molar-refractivity contribution in [2.24, 2.45) is 17.4 Å². The molecule has 2 aliphatic heterocycles. The van der Waals surface area contributed by atoms with E-state index in [0.717, 1.165) is 10.7 Å². The number of benzene rings is 3. The average Bonchev–Trinajstić information content (AvgIpc) is 3.97. The van der Waals surface area contributed by atoms with Crippen molar-refractivity contribution in [2.45, 2.75) is 18.4 Å². The average molecular weight is 1160 g/mol. The second-order valence-electron chi connectivity index (χ2n) is 17.2. The number of aldehydes is 1. The van der Waals surface area contributed by atoms with Crippen LogP contribution >= 0.6 is 15.9 Å². The van der Waals surface area contributed by atoms with Gasteiger partial charge in [0.1, 0.15) is 58.1 Å². The number of H-pyrrole nitrogens is 2. The second kappa shape index (κ2) is 24.6. The zero-order chi connectivity index (χ0) is 58.0. The van der Waals surface area contributed by atoms with E-state index < -0.39 is 5.91 Å². The van der Waals surface area contributed by atoms with Crippen LogP contribution in [0, 0.1) is 22.7 Å². The van der Waals surface area contributed by atoms with Crippen LogP contribution in [0.15, 0.2) is 153 Å². The monoisotopic (exact) mass is 1160 g/mol. The molecule has 82 heavy (non-hydrogen) atoms. The molecule has 0 aliphatic carbocycles. The first-order chi connectivity index (χ1) is 39.9. The SMILES string of the molecule is N#Cc1c(-c2ccc(O)cc2)nc2[nH]ncc2c1-c1ccc(CN)o1.N#Cc1c(-c2ccc(O)cc2)nc2[nH]ncc2c1-c1ccc(CN2C(=O)c3ccccc3C2=O)o1.NN.O=C1NC(=O)c2ncccc21.O=Cc1ccc(CBr)o1. The number of nitrogens with one attached hydrogen (secondary N) is 3. The first-order valence-corrected chi connectivity index (χ1v) is 25.2. The van der Waals surface area contributed by atoms with Gasteiger partial charge in [-0.2, -0.15) is 20.7 Å².